The Morgan fingerprint density at radius 1 is 1.21 bits per heavy atom. The van der Waals surface area contributed by atoms with Crippen LogP contribution in [0, 0.1) is 17.8 Å². The van der Waals surface area contributed by atoms with Gasteiger partial charge in [-0.2, -0.15) is 0 Å². The Hall–Kier alpha value is -1.84. The number of fused-ring (bicyclic) bond motifs is 2. The van der Waals surface area contributed by atoms with E-state index in [1.54, 1.807) is 0 Å². The van der Waals surface area contributed by atoms with Gasteiger partial charge in [0.25, 0.3) is 5.91 Å². The van der Waals surface area contributed by atoms with Crippen molar-refractivity contribution in [1.29, 1.82) is 0 Å². The Kier molecular flexibility index (Phi) is 5.22. The zero-order valence-electron chi connectivity index (χ0n) is 14.6. The summed E-state index contributed by atoms with van der Waals surface area (Å²) in [6.45, 7) is 3.97. The molecule has 0 unspecified atom stereocenters. The van der Waals surface area contributed by atoms with Gasteiger partial charge < -0.3 is 10.1 Å². The van der Waals surface area contributed by atoms with E-state index in [-0.39, 0.29) is 18.5 Å². The molecule has 3 rings (SSSR count). The minimum Gasteiger partial charge on any atom is -0.456 e. The lowest BCUT2D eigenvalue weighted by atomic mass is 9.86. The van der Waals surface area contributed by atoms with E-state index in [1.165, 1.54) is 19.3 Å². The number of hydrogen-bond acceptors (Lipinski definition) is 3. The van der Waals surface area contributed by atoms with E-state index < -0.39 is 0 Å². The molecule has 0 aromatic heterocycles. The second kappa shape index (κ2) is 7.37. The van der Waals surface area contributed by atoms with E-state index in [1.807, 2.05) is 24.3 Å². The molecule has 2 aliphatic rings. The van der Waals surface area contributed by atoms with Crippen molar-refractivity contribution in [3.63, 3.8) is 0 Å². The summed E-state index contributed by atoms with van der Waals surface area (Å²) in [5, 5.41) is 2.85. The molecule has 1 amide bonds. The third kappa shape index (κ3) is 3.97. The van der Waals surface area contributed by atoms with Gasteiger partial charge in [-0.05, 0) is 54.6 Å². The van der Waals surface area contributed by atoms with Crippen molar-refractivity contribution in [3.8, 4) is 0 Å². The summed E-state index contributed by atoms with van der Waals surface area (Å²) >= 11 is 0. The highest BCUT2D eigenvalue weighted by atomic mass is 16.5. The van der Waals surface area contributed by atoms with Gasteiger partial charge in [-0.3, -0.25) is 9.59 Å². The van der Waals surface area contributed by atoms with E-state index in [0.29, 0.717) is 24.2 Å². The number of benzene rings is 1. The van der Waals surface area contributed by atoms with Crippen molar-refractivity contribution in [2.24, 2.45) is 17.8 Å². The molecule has 0 heterocycles. The van der Waals surface area contributed by atoms with Crippen molar-refractivity contribution in [3.05, 3.63) is 29.8 Å². The molecule has 1 aromatic rings. The molecule has 3 atom stereocenters. The van der Waals surface area contributed by atoms with Crippen LogP contribution in [0.25, 0.3) is 0 Å². The van der Waals surface area contributed by atoms with Gasteiger partial charge in [0.15, 0.2) is 6.61 Å². The van der Waals surface area contributed by atoms with E-state index in [0.717, 1.165) is 23.6 Å². The molecular formula is C20H27NO3. The number of amides is 1. The quantitative estimate of drug-likeness (QED) is 0.799. The molecule has 0 aliphatic heterocycles. The summed E-state index contributed by atoms with van der Waals surface area (Å²) in [6.07, 6.45) is 5.50. The van der Waals surface area contributed by atoms with Gasteiger partial charge in [0, 0.05) is 12.1 Å². The van der Waals surface area contributed by atoms with Gasteiger partial charge in [-0.25, -0.2) is 0 Å². The number of anilines is 1. The van der Waals surface area contributed by atoms with E-state index in [4.69, 9.17) is 4.74 Å². The first-order valence-electron chi connectivity index (χ1n) is 9.07. The number of carbonyl (C=O) groups is 2. The van der Waals surface area contributed by atoms with Gasteiger partial charge in [0.1, 0.15) is 0 Å². The first-order valence-corrected chi connectivity index (χ1v) is 9.07. The van der Waals surface area contributed by atoms with Gasteiger partial charge in [-0.15, -0.1) is 0 Å². The first-order chi connectivity index (χ1) is 11.5. The predicted octanol–water partition coefficient (Wildman–Crippen LogP) is 4.12. The maximum atomic E-state index is 12.1. The van der Waals surface area contributed by atoms with Crippen LogP contribution in [-0.4, -0.2) is 18.5 Å². The average molecular weight is 329 g/mol. The van der Waals surface area contributed by atoms with Crippen LogP contribution in [0.4, 0.5) is 5.69 Å². The van der Waals surface area contributed by atoms with Crippen molar-refractivity contribution in [2.75, 3.05) is 11.9 Å². The van der Waals surface area contributed by atoms with E-state index in [9.17, 15) is 9.59 Å². The molecule has 130 valence electrons. The maximum absolute atomic E-state index is 12.1. The Morgan fingerprint density at radius 3 is 2.67 bits per heavy atom. The second-order valence-electron chi connectivity index (χ2n) is 7.59. The molecule has 4 heteroatoms. The number of para-hydroxylation sites is 1. The fourth-order valence-corrected chi connectivity index (χ4v) is 4.35. The fraction of sp³-hybridized carbons (Fsp3) is 0.600. The standard InChI is InChI=1S/C20H27NO3/c1-13(2)17-5-3-4-6-18(17)21-19(22)12-24-20(23)11-16-10-14-7-8-15(16)9-14/h3-6,13-16H,7-12H2,1-2H3,(H,21,22)/t14-,15+,16+/m0/s1. The summed E-state index contributed by atoms with van der Waals surface area (Å²) in [7, 11) is 0. The van der Waals surface area contributed by atoms with Crippen LogP contribution >= 0.6 is 0 Å². The molecule has 2 fully saturated rings. The monoisotopic (exact) mass is 329 g/mol. The second-order valence-corrected chi connectivity index (χ2v) is 7.59. The minimum atomic E-state index is -0.274. The van der Waals surface area contributed by atoms with Crippen molar-refractivity contribution in [2.45, 2.75) is 51.9 Å². The lowest BCUT2D eigenvalue weighted by molar-refractivity contribution is -0.148. The van der Waals surface area contributed by atoms with Gasteiger partial charge >= 0.3 is 5.97 Å². The third-order valence-corrected chi connectivity index (χ3v) is 5.53. The largest absolute Gasteiger partial charge is 0.456 e. The summed E-state index contributed by atoms with van der Waals surface area (Å²) in [4.78, 5) is 24.1. The van der Waals surface area contributed by atoms with Crippen molar-refractivity contribution < 1.29 is 14.3 Å². The Morgan fingerprint density at radius 2 is 2.00 bits per heavy atom. The molecule has 0 spiro atoms. The maximum Gasteiger partial charge on any atom is 0.306 e. The summed E-state index contributed by atoms with van der Waals surface area (Å²) < 4.78 is 5.19. The van der Waals surface area contributed by atoms with Gasteiger partial charge in [0.2, 0.25) is 0 Å². The zero-order valence-corrected chi connectivity index (χ0v) is 14.6. The molecule has 1 N–H and O–H groups in total. The summed E-state index contributed by atoms with van der Waals surface area (Å²) in [5.41, 5.74) is 1.88. The highest BCUT2D eigenvalue weighted by Crippen LogP contribution is 2.49. The Bertz CT molecular complexity index is 611. The van der Waals surface area contributed by atoms with E-state index >= 15 is 0 Å². The smallest absolute Gasteiger partial charge is 0.306 e. The molecule has 1 aromatic carbocycles. The minimum absolute atomic E-state index is 0.202. The normalized spacial score (nSPS) is 25.0. The summed E-state index contributed by atoms with van der Waals surface area (Å²) in [5.74, 6) is 1.81. The zero-order chi connectivity index (χ0) is 17.1. The van der Waals surface area contributed by atoms with Crippen molar-refractivity contribution in [1.82, 2.24) is 0 Å². The molecule has 2 saturated carbocycles. The predicted molar refractivity (Wildman–Crippen MR) is 93.7 cm³/mol. The number of hydrogen-bond donors (Lipinski definition) is 1. The molecule has 2 aliphatic carbocycles. The van der Waals surface area contributed by atoms with Crippen LogP contribution in [0.2, 0.25) is 0 Å². The molecular weight excluding hydrogens is 302 g/mol. The number of carbonyl (C=O) groups excluding carboxylic acids is 2. The van der Waals surface area contributed by atoms with Crippen LogP contribution in [0.3, 0.4) is 0 Å². The third-order valence-electron chi connectivity index (χ3n) is 5.53. The van der Waals surface area contributed by atoms with Crippen LogP contribution in [0.15, 0.2) is 24.3 Å². The Balaban J connectivity index is 1.45. The number of nitrogens with one attached hydrogen (secondary N) is 1. The highest BCUT2D eigenvalue weighted by molar-refractivity contribution is 5.93. The molecule has 0 saturated heterocycles. The lowest BCUT2D eigenvalue weighted by Gasteiger charge is -2.20. The number of rotatable bonds is 6. The van der Waals surface area contributed by atoms with Crippen LogP contribution < -0.4 is 5.32 Å². The number of esters is 1. The van der Waals surface area contributed by atoms with Crippen LogP contribution in [0.5, 0.6) is 0 Å². The fourth-order valence-electron chi connectivity index (χ4n) is 4.35. The summed E-state index contributed by atoms with van der Waals surface area (Å²) in [6, 6.07) is 7.73. The lowest BCUT2D eigenvalue weighted by Crippen LogP contribution is -2.23. The first kappa shape index (κ1) is 17.0. The topological polar surface area (TPSA) is 55.4 Å². The molecule has 4 nitrogen and oxygen atoms in total. The highest BCUT2D eigenvalue weighted by Gasteiger charge is 2.40. The van der Waals surface area contributed by atoms with Gasteiger partial charge in [0.05, 0.1) is 0 Å². The average Bonchev–Trinajstić information content (AvgIpc) is 3.16. The Labute approximate surface area is 144 Å². The van der Waals surface area contributed by atoms with Crippen molar-refractivity contribution >= 4 is 17.6 Å². The molecule has 24 heavy (non-hydrogen) atoms. The van der Waals surface area contributed by atoms with Crippen LogP contribution in [0.1, 0.15) is 57.4 Å². The van der Waals surface area contributed by atoms with Gasteiger partial charge in [-0.1, -0.05) is 38.5 Å². The molecule has 0 radical (unpaired) electrons. The van der Waals surface area contributed by atoms with Crippen LogP contribution in [-0.2, 0) is 14.3 Å². The SMILES string of the molecule is CC(C)c1ccccc1NC(=O)COC(=O)C[C@H]1C[C@H]2CC[C@@H]1C2. The van der Waals surface area contributed by atoms with E-state index in [2.05, 4.69) is 19.2 Å². The molecule has 2 bridgehead atoms. The number of ether oxygens (including phenoxy) is 1.